The van der Waals surface area contributed by atoms with Crippen molar-refractivity contribution in [1.29, 1.82) is 0 Å². The Balaban J connectivity index is 1.43. The van der Waals surface area contributed by atoms with Crippen LogP contribution in [0.5, 0.6) is 0 Å². The molecule has 0 N–H and O–H groups in total. The molecule has 1 aliphatic heterocycles. The van der Waals surface area contributed by atoms with Crippen LogP contribution in [0.25, 0.3) is 11.3 Å². The van der Waals surface area contributed by atoms with Gasteiger partial charge in [-0.2, -0.15) is 5.10 Å². The molecule has 1 saturated carbocycles. The highest BCUT2D eigenvalue weighted by molar-refractivity contribution is 5.93. The number of likely N-dealkylation sites (tertiary alicyclic amines) is 1. The zero-order valence-electron chi connectivity index (χ0n) is 20.0. The van der Waals surface area contributed by atoms with Crippen molar-refractivity contribution in [2.24, 2.45) is 5.41 Å². The molecule has 1 saturated heterocycles. The van der Waals surface area contributed by atoms with Crippen LogP contribution in [0.4, 0.5) is 0 Å². The minimum atomic E-state index is -0.0711. The molecule has 9 heteroatoms. The van der Waals surface area contributed by atoms with E-state index in [4.69, 9.17) is 4.52 Å². The maximum atomic E-state index is 13.6. The minimum absolute atomic E-state index is 0.0653. The van der Waals surface area contributed by atoms with Crippen molar-refractivity contribution < 1.29 is 9.32 Å². The molecule has 1 spiro atoms. The summed E-state index contributed by atoms with van der Waals surface area (Å²) in [5.74, 6) is 1.73. The van der Waals surface area contributed by atoms with Crippen molar-refractivity contribution in [3.05, 3.63) is 35.3 Å². The molecule has 0 radical (unpaired) electrons. The Morgan fingerprint density at radius 3 is 2.67 bits per heavy atom. The highest BCUT2D eigenvalue weighted by Crippen LogP contribution is 2.51. The number of aromatic nitrogens is 6. The summed E-state index contributed by atoms with van der Waals surface area (Å²) in [6.45, 7) is 11.1. The molecular formula is C24H33N7O2. The molecular weight excluding hydrogens is 418 g/mol. The highest BCUT2D eigenvalue weighted by Gasteiger charge is 2.51. The number of amides is 1. The van der Waals surface area contributed by atoms with Crippen LogP contribution in [0.3, 0.4) is 0 Å². The number of aryl methyl sites for hydroxylation is 3. The summed E-state index contributed by atoms with van der Waals surface area (Å²) in [6, 6.07) is 1.77. The zero-order chi connectivity index (χ0) is 23.2. The Kier molecular flexibility index (Phi) is 5.58. The Morgan fingerprint density at radius 1 is 1.18 bits per heavy atom. The van der Waals surface area contributed by atoms with Gasteiger partial charge in [0.2, 0.25) is 0 Å². The molecule has 0 aromatic carbocycles. The van der Waals surface area contributed by atoms with E-state index in [0.29, 0.717) is 18.0 Å². The van der Waals surface area contributed by atoms with Crippen LogP contribution >= 0.6 is 0 Å². The number of carbonyl (C=O) groups is 1. The maximum absolute atomic E-state index is 13.6. The van der Waals surface area contributed by atoms with Gasteiger partial charge in [0.15, 0.2) is 11.5 Å². The van der Waals surface area contributed by atoms with Gasteiger partial charge < -0.3 is 14.0 Å². The summed E-state index contributed by atoms with van der Waals surface area (Å²) in [5.41, 5.74) is 3.24. The van der Waals surface area contributed by atoms with Crippen molar-refractivity contribution in [2.75, 3.05) is 13.1 Å². The molecule has 176 valence electrons. The molecule has 3 aromatic heterocycles. The topological polar surface area (TPSA) is 94.9 Å². The first-order valence-corrected chi connectivity index (χ1v) is 12.2. The van der Waals surface area contributed by atoms with Gasteiger partial charge in [-0.15, -0.1) is 10.2 Å². The predicted octanol–water partition coefficient (Wildman–Crippen LogP) is 3.98. The number of rotatable bonds is 5. The minimum Gasteiger partial charge on any atom is -0.355 e. The average Bonchev–Trinajstić information content (AvgIpc) is 3.59. The third-order valence-electron chi connectivity index (χ3n) is 7.74. The maximum Gasteiger partial charge on any atom is 0.276 e. The van der Waals surface area contributed by atoms with Gasteiger partial charge >= 0.3 is 0 Å². The second-order valence-electron chi connectivity index (χ2n) is 9.57. The fraction of sp³-hybridized carbons (Fsp3) is 0.625. The number of hydrogen-bond acceptors (Lipinski definition) is 6. The molecule has 1 unspecified atom stereocenters. The predicted molar refractivity (Wildman–Crippen MR) is 123 cm³/mol. The molecule has 4 heterocycles. The Hall–Kier alpha value is -2.97. The second kappa shape index (κ2) is 8.43. The van der Waals surface area contributed by atoms with Crippen molar-refractivity contribution in [3.8, 4) is 11.3 Å². The lowest BCUT2D eigenvalue weighted by Crippen LogP contribution is -2.34. The summed E-state index contributed by atoms with van der Waals surface area (Å²) in [7, 11) is 0. The summed E-state index contributed by atoms with van der Waals surface area (Å²) in [4.78, 5) is 15.5. The van der Waals surface area contributed by atoms with E-state index in [1.807, 2.05) is 23.4 Å². The molecule has 2 fully saturated rings. The van der Waals surface area contributed by atoms with Gasteiger partial charge in [0.1, 0.15) is 12.2 Å². The smallest absolute Gasteiger partial charge is 0.276 e. The van der Waals surface area contributed by atoms with E-state index in [2.05, 4.69) is 38.9 Å². The van der Waals surface area contributed by atoms with E-state index in [1.165, 1.54) is 19.3 Å². The monoisotopic (exact) mass is 451 g/mol. The van der Waals surface area contributed by atoms with E-state index >= 15 is 0 Å². The van der Waals surface area contributed by atoms with Gasteiger partial charge in [0.05, 0.1) is 11.3 Å². The molecule has 1 atom stereocenters. The first-order valence-electron chi connectivity index (χ1n) is 12.2. The highest BCUT2D eigenvalue weighted by atomic mass is 16.5. The fourth-order valence-corrected chi connectivity index (χ4v) is 6.04. The SMILES string of the molecule is CCn1cnnc1C1CN(C(=O)c2cc(-c3c(C)nn(CC)c3C)on2)CC12CCCCC2. The van der Waals surface area contributed by atoms with Gasteiger partial charge in [-0.3, -0.25) is 9.48 Å². The molecule has 3 aromatic rings. The van der Waals surface area contributed by atoms with E-state index in [1.54, 1.807) is 12.4 Å². The number of nitrogens with zero attached hydrogens (tertiary/aromatic N) is 7. The second-order valence-corrected chi connectivity index (χ2v) is 9.57. The summed E-state index contributed by atoms with van der Waals surface area (Å²) in [6.07, 6.45) is 7.72. The summed E-state index contributed by atoms with van der Waals surface area (Å²) < 4.78 is 9.71. The van der Waals surface area contributed by atoms with Crippen LogP contribution < -0.4 is 0 Å². The van der Waals surface area contributed by atoms with Crippen LogP contribution in [0.15, 0.2) is 16.9 Å². The van der Waals surface area contributed by atoms with E-state index in [9.17, 15) is 4.79 Å². The molecule has 33 heavy (non-hydrogen) atoms. The van der Waals surface area contributed by atoms with E-state index in [-0.39, 0.29) is 17.2 Å². The molecule has 1 amide bonds. The summed E-state index contributed by atoms with van der Waals surface area (Å²) >= 11 is 0. The van der Waals surface area contributed by atoms with Crippen LogP contribution in [0.2, 0.25) is 0 Å². The molecule has 1 aliphatic carbocycles. The Labute approximate surface area is 194 Å². The lowest BCUT2D eigenvalue weighted by atomic mass is 9.67. The fourth-order valence-electron chi connectivity index (χ4n) is 6.04. The third-order valence-corrected chi connectivity index (χ3v) is 7.74. The molecule has 5 rings (SSSR count). The first-order chi connectivity index (χ1) is 16.0. The Morgan fingerprint density at radius 2 is 1.97 bits per heavy atom. The lowest BCUT2D eigenvalue weighted by Gasteiger charge is -2.37. The molecule has 2 aliphatic rings. The molecule has 9 nitrogen and oxygen atoms in total. The largest absolute Gasteiger partial charge is 0.355 e. The standard InChI is InChI=1S/C24H33N7O2/c1-5-29-15-25-26-22(29)18-13-30(14-24(18)10-8-7-9-11-24)23(32)19-12-20(33-28-19)21-16(3)27-31(6-2)17(21)4/h12,15,18H,5-11,13-14H2,1-4H3. The lowest BCUT2D eigenvalue weighted by molar-refractivity contribution is 0.0748. The van der Waals surface area contributed by atoms with Gasteiger partial charge in [-0.25, -0.2) is 0 Å². The number of carbonyl (C=O) groups excluding carboxylic acids is 1. The van der Waals surface area contributed by atoms with E-state index in [0.717, 1.165) is 55.3 Å². The van der Waals surface area contributed by atoms with Crippen LogP contribution in [-0.2, 0) is 13.1 Å². The van der Waals surface area contributed by atoms with Gasteiger partial charge in [0, 0.05) is 43.9 Å². The van der Waals surface area contributed by atoms with Crippen molar-refractivity contribution in [1.82, 2.24) is 34.6 Å². The number of hydrogen-bond donors (Lipinski definition) is 0. The van der Waals surface area contributed by atoms with Crippen LogP contribution in [0, 0.1) is 19.3 Å². The van der Waals surface area contributed by atoms with Gasteiger partial charge in [0.25, 0.3) is 5.91 Å². The zero-order valence-corrected chi connectivity index (χ0v) is 20.0. The van der Waals surface area contributed by atoms with Crippen molar-refractivity contribution >= 4 is 5.91 Å². The van der Waals surface area contributed by atoms with Gasteiger partial charge in [-0.1, -0.05) is 24.4 Å². The van der Waals surface area contributed by atoms with Crippen molar-refractivity contribution in [3.63, 3.8) is 0 Å². The Bertz CT molecular complexity index is 1150. The molecule has 0 bridgehead atoms. The normalized spacial score (nSPS) is 20.1. The van der Waals surface area contributed by atoms with Gasteiger partial charge in [-0.05, 0) is 46.0 Å². The average molecular weight is 452 g/mol. The third kappa shape index (κ3) is 3.57. The summed E-state index contributed by atoms with van der Waals surface area (Å²) in [5, 5.41) is 17.4. The van der Waals surface area contributed by atoms with E-state index < -0.39 is 0 Å². The van der Waals surface area contributed by atoms with Crippen LogP contribution in [0.1, 0.15) is 79.6 Å². The first kappa shape index (κ1) is 21.9. The quantitative estimate of drug-likeness (QED) is 0.582. The van der Waals surface area contributed by atoms with Crippen molar-refractivity contribution in [2.45, 2.75) is 78.8 Å². The van der Waals surface area contributed by atoms with Crippen LogP contribution in [-0.4, -0.2) is 53.6 Å².